The highest BCUT2D eigenvalue weighted by Crippen LogP contribution is 2.27. The van der Waals surface area contributed by atoms with Gasteiger partial charge in [-0.1, -0.05) is 31.2 Å². The molecule has 1 N–H and O–H groups in total. The monoisotopic (exact) mass is 432 g/mol. The zero-order valence-corrected chi connectivity index (χ0v) is 18.2. The van der Waals surface area contributed by atoms with Crippen molar-refractivity contribution in [1.82, 2.24) is 24.9 Å². The second-order valence-corrected chi connectivity index (χ2v) is 8.17. The van der Waals surface area contributed by atoms with E-state index in [9.17, 15) is 9.18 Å². The van der Waals surface area contributed by atoms with E-state index in [0.717, 1.165) is 42.0 Å². The van der Waals surface area contributed by atoms with Gasteiger partial charge in [-0.15, -0.1) is 0 Å². The maximum absolute atomic E-state index is 14.7. The minimum absolute atomic E-state index is 0.194. The van der Waals surface area contributed by atoms with Gasteiger partial charge < -0.3 is 9.80 Å². The molecule has 1 fully saturated rings. The molecule has 8 heteroatoms. The van der Waals surface area contributed by atoms with Crippen molar-refractivity contribution >= 4 is 16.7 Å². The standard InChI is InChI=1S/C24H25FN6O/c1-3-16-5-4-6-19(25)24(16)31-21(32)15-20-23(28-31)22(27-26-20)17-7-9-18(10-8-17)30-13-11-29(2)12-14-30/h4-10,15,26H,3,11-14H2,1-2H3. The number of hydrogen-bond donors (Lipinski definition) is 1. The fraction of sp³-hybridized carbons (Fsp3) is 0.292. The van der Waals surface area contributed by atoms with Gasteiger partial charge in [0, 0.05) is 43.5 Å². The number of para-hydroxylation sites is 1. The quantitative estimate of drug-likeness (QED) is 0.536. The largest absolute Gasteiger partial charge is 0.369 e. The zero-order valence-electron chi connectivity index (χ0n) is 18.2. The molecular formula is C24H25FN6O. The lowest BCUT2D eigenvalue weighted by Crippen LogP contribution is -2.44. The Morgan fingerprint density at radius 3 is 2.53 bits per heavy atom. The number of nitrogens with zero attached hydrogens (tertiary/aromatic N) is 5. The van der Waals surface area contributed by atoms with E-state index in [-0.39, 0.29) is 5.69 Å². The van der Waals surface area contributed by atoms with E-state index >= 15 is 0 Å². The summed E-state index contributed by atoms with van der Waals surface area (Å²) >= 11 is 0. The van der Waals surface area contributed by atoms with E-state index in [4.69, 9.17) is 0 Å². The van der Waals surface area contributed by atoms with Crippen molar-refractivity contribution in [2.75, 3.05) is 38.1 Å². The Morgan fingerprint density at radius 2 is 1.81 bits per heavy atom. The number of piperazine rings is 1. The van der Waals surface area contributed by atoms with Gasteiger partial charge in [0.1, 0.15) is 22.7 Å². The predicted molar refractivity (Wildman–Crippen MR) is 124 cm³/mol. The highest BCUT2D eigenvalue weighted by molar-refractivity contribution is 5.89. The Morgan fingerprint density at radius 1 is 1.06 bits per heavy atom. The number of aryl methyl sites for hydroxylation is 1. The van der Waals surface area contributed by atoms with Gasteiger partial charge in [-0.25, -0.2) is 4.39 Å². The molecule has 2 aromatic carbocycles. The number of fused-ring (bicyclic) bond motifs is 1. The van der Waals surface area contributed by atoms with E-state index in [1.165, 1.54) is 17.8 Å². The van der Waals surface area contributed by atoms with Crippen LogP contribution < -0.4 is 10.5 Å². The van der Waals surface area contributed by atoms with Crippen LogP contribution in [0.4, 0.5) is 10.1 Å². The molecular weight excluding hydrogens is 407 g/mol. The number of hydrogen-bond acceptors (Lipinski definition) is 5. The van der Waals surface area contributed by atoms with E-state index in [1.807, 2.05) is 25.1 Å². The maximum atomic E-state index is 14.7. The smallest absolute Gasteiger partial charge is 0.273 e. The molecule has 0 unspecified atom stereocenters. The molecule has 0 amide bonds. The minimum atomic E-state index is -0.472. The SMILES string of the molecule is CCc1cccc(F)c1-n1nc2c(-c3ccc(N4CCN(C)CC4)cc3)n[nH]c2cc1=O. The van der Waals surface area contributed by atoms with E-state index < -0.39 is 11.4 Å². The zero-order chi connectivity index (χ0) is 22.2. The van der Waals surface area contributed by atoms with E-state index in [2.05, 4.69) is 44.3 Å². The summed E-state index contributed by atoms with van der Waals surface area (Å²) in [5, 5.41) is 11.8. The molecule has 1 saturated heterocycles. The van der Waals surface area contributed by atoms with E-state index in [0.29, 0.717) is 23.1 Å². The lowest BCUT2D eigenvalue weighted by Gasteiger charge is -2.34. The van der Waals surface area contributed by atoms with Crippen LogP contribution in [0.2, 0.25) is 0 Å². The molecule has 4 aromatic rings. The molecule has 1 aliphatic rings. The fourth-order valence-electron chi connectivity index (χ4n) is 4.22. The summed E-state index contributed by atoms with van der Waals surface area (Å²) in [6.07, 6.45) is 0.589. The Kier molecular flexibility index (Phi) is 5.22. The number of nitrogens with one attached hydrogen (secondary N) is 1. The van der Waals surface area contributed by atoms with Crippen LogP contribution in [0.25, 0.3) is 28.0 Å². The van der Waals surface area contributed by atoms with Gasteiger partial charge in [0.25, 0.3) is 5.56 Å². The van der Waals surface area contributed by atoms with Crippen LogP contribution in [0.1, 0.15) is 12.5 Å². The van der Waals surface area contributed by atoms with Crippen molar-refractivity contribution in [2.24, 2.45) is 0 Å². The van der Waals surface area contributed by atoms with Crippen LogP contribution in [-0.4, -0.2) is 58.1 Å². The molecule has 2 aromatic heterocycles. The number of aromatic nitrogens is 4. The summed E-state index contributed by atoms with van der Waals surface area (Å²) in [6, 6.07) is 14.4. The second kappa shape index (κ2) is 8.20. The molecule has 3 heterocycles. The third-order valence-electron chi connectivity index (χ3n) is 6.12. The van der Waals surface area contributed by atoms with Gasteiger partial charge >= 0.3 is 0 Å². The first-order valence-electron chi connectivity index (χ1n) is 10.9. The Bertz CT molecular complexity index is 1320. The Labute approximate surface area is 185 Å². The highest BCUT2D eigenvalue weighted by Gasteiger charge is 2.18. The topological polar surface area (TPSA) is 70.1 Å². The maximum Gasteiger partial charge on any atom is 0.273 e. The third-order valence-corrected chi connectivity index (χ3v) is 6.12. The van der Waals surface area contributed by atoms with Gasteiger partial charge in [-0.05, 0) is 37.2 Å². The number of H-pyrrole nitrogens is 1. The molecule has 0 bridgehead atoms. The third kappa shape index (κ3) is 3.56. The fourth-order valence-corrected chi connectivity index (χ4v) is 4.22. The molecule has 0 spiro atoms. The predicted octanol–water partition coefficient (Wildman–Crippen LogP) is 3.23. The van der Waals surface area contributed by atoms with Crippen molar-refractivity contribution in [3.63, 3.8) is 0 Å². The van der Waals surface area contributed by atoms with Crippen LogP contribution in [-0.2, 0) is 6.42 Å². The van der Waals surface area contributed by atoms with Crippen LogP contribution in [0.3, 0.4) is 0 Å². The number of benzene rings is 2. The van der Waals surface area contributed by atoms with Crippen LogP contribution in [0.15, 0.2) is 53.3 Å². The molecule has 0 saturated carbocycles. The normalized spacial score (nSPS) is 14.9. The summed E-state index contributed by atoms with van der Waals surface area (Å²) in [5.74, 6) is -0.472. The first-order chi connectivity index (χ1) is 15.5. The lowest BCUT2D eigenvalue weighted by molar-refractivity contribution is 0.313. The van der Waals surface area contributed by atoms with Gasteiger partial charge in [0.15, 0.2) is 0 Å². The summed E-state index contributed by atoms with van der Waals surface area (Å²) in [6.45, 7) is 6.01. The first-order valence-corrected chi connectivity index (χ1v) is 10.9. The van der Waals surface area contributed by atoms with Crippen LogP contribution >= 0.6 is 0 Å². The number of anilines is 1. The number of likely N-dealkylation sites (N-methyl/N-ethyl adjacent to an activating group) is 1. The molecule has 7 nitrogen and oxygen atoms in total. The molecule has 5 rings (SSSR count). The van der Waals surface area contributed by atoms with Crippen molar-refractivity contribution in [2.45, 2.75) is 13.3 Å². The first kappa shape index (κ1) is 20.4. The van der Waals surface area contributed by atoms with Crippen molar-refractivity contribution in [3.05, 3.63) is 70.3 Å². The number of aromatic amines is 1. The van der Waals surface area contributed by atoms with Crippen molar-refractivity contribution < 1.29 is 4.39 Å². The molecule has 0 atom stereocenters. The summed E-state index contributed by atoms with van der Waals surface area (Å²) in [7, 11) is 2.14. The summed E-state index contributed by atoms with van der Waals surface area (Å²) in [5.41, 5.74) is 4.26. The lowest BCUT2D eigenvalue weighted by atomic mass is 10.1. The number of halogens is 1. The Hall–Kier alpha value is -3.52. The van der Waals surface area contributed by atoms with Gasteiger partial charge in [-0.2, -0.15) is 14.9 Å². The Balaban J connectivity index is 1.55. The second-order valence-electron chi connectivity index (χ2n) is 8.17. The summed E-state index contributed by atoms with van der Waals surface area (Å²) in [4.78, 5) is 17.4. The van der Waals surface area contributed by atoms with Crippen LogP contribution in [0.5, 0.6) is 0 Å². The van der Waals surface area contributed by atoms with Gasteiger partial charge in [0.2, 0.25) is 0 Å². The van der Waals surface area contributed by atoms with Gasteiger partial charge in [-0.3, -0.25) is 9.89 Å². The van der Waals surface area contributed by atoms with Crippen LogP contribution in [0, 0.1) is 5.82 Å². The van der Waals surface area contributed by atoms with E-state index in [1.54, 1.807) is 6.07 Å². The average molecular weight is 433 g/mol. The summed E-state index contributed by atoms with van der Waals surface area (Å²) < 4.78 is 15.8. The highest BCUT2D eigenvalue weighted by atomic mass is 19.1. The molecule has 164 valence electrons. The molecule has 0 aliphatic carbocycles. The molecule has 0 radical (unpaired) electrons. The molecule has 32 heavy (non-hydrogen) atoms. The van der Waals surface area contributed by atoms with Crippen molar-refractivity contribution in [1.29, 1.82) is 0 Å². The average Bonchev–Trinajstić information content (AvgIpc) is 3.21. The minimum Gasteiger partial charge on any atom is -0.369 e. The van der Waals surface area contributed by atoms with Gasteiger partial charge in [0.05, 0.1) is 5.52 Å². The molecule has 1 aliphatic heterocycles. The number of rotatable bonds is 4. The van der Waals surface area contributed by atoms with Crippen molar-refractivity contribution in [3.8, 4) is 16.9 Å².